The summed E-state index contributed by atoms with van der Waals surface area (Å²) in [4.78, 5) is 12.5. The van der Waals surface area contributed by atoms with Gasteiger partial charge in [0.1, 0.15) is 11.5 Å². The van der Waals surface area contributed by atoms with E-state index in [1.807, 2.05) is 30.7 Å². The van der Waals surface area contributed by atoms with Gasteiger partial charge in [0.05, 0.1) is 5.69 Å². The first kappa shape index (κ1) is 16.2. The maximum atomic E-state index is 14.6. The van der Waals surface area contributed by atoms with Crippen LogP contribution in [0.3, 0.4) is 0 Å². The second-order valence-corrected chi connectivity index (χ2v) is 6.91. The van der Waals surface area contributed by atoms with Crippen LogP contribution in [0.25, 0.3) is 0 Å². The van der Waals surface area contributed by atoms with Crippen molar-refractivity contribution >= 4 is 27.5 Å². The zero-order valence-corrected chi connectivity index (χ0v) is 14.7. The third kappa shape index (κ3) is 3.19. The molecule has 0 saturated carbocycles. The molecule has 1 aromatic carbocycles. The van der Waals surface area contributed by atoms with Crippen molar-refractivity contribution in [3.63, 3.8) is 0 Å². The minimum atomic E-state index is -0.320. The third-order valence-corrected chi connectivity index (χ3v) is 4.49. The number of amides is 1. The number of nitrogens with zero attached hydrogens (tertiary/aromatic N) is 1. The Morgan fingerprint density at radius 2 is 2.22 bits per heavy atom. The lowest BCUT2D eigenvalue weighted by Crippen LogP contribution is -2.25. The van der Waals surface area contributed by atoms with Crippen molar-refractivity contribution in [3.8, 4) is 0 Å². The van der Waals surface area contributed by atoms with Gasteiger partial charge in [-0.3, -0.25) is 4.79 Å². The molecule has 1 aliphatic rings. The smallest absolute Gasteiger partial charge is 0.272 e. The van der Waals surface area contributed by atoms with Crippen molar-refractivity contribution in [2.45, 2.75) is 32.9 Å². The van der Waals surface area contributed by atoms with Crippen LogP contribution in [0.5, 0.6) is 0 Å². The SMILES string of the molecule is CC(C)n1cc(Br)cc1C(=O)Nc1ccc2c(c1F)CCNC2. The van der Waals surface area contributed by atoms with E-state index in [0.717, 1.165) is 16.6 Å². The number of rotatable bonds is 3. The molecule has 2 N–H and O–H groups in total. The first-order chi connectivity index (χ1) is 11.0. The van der Waals surface area contributed by atoms with Gasteiger partial charge in [0.15, 0.2) is 0 Å². The van der Waals surface area contributed by atoms with Crippen LogP contribution in [-0.2, 0) is 13.0 Å². The fourth-order valence-electron chi connectivity index (χ4n) is 2.87. The molecule has 2 heterocycles. The molecule has 0 atom stereocenters. The van der Waals surface area contributed by atoms with E-state index in [-0.39, 0.29) is 23.5 Å². The zero-order valence-electron chi connectivity index (χ0n) is 13.1. The summed E-state index contributed by atoms with van der Waals surface area (Å²) in [5.74, 6) is -0.628. The maximum absolute atomic E-state index is 14.6. The van der Waals surface area contributed by atoms with Crippen molar-refractivity contribution in [3.05, 3.63) is 51.5 Å². The number of nitrogens with one attached hydrogen (secondary N) is 2. The molecule has 0 radical (unpaired) electrons. The molecule has 0 spiro atoms. The number of halogens is 2. The Kier molecular flexibility index (Phi) is 4.55. The van der Waals surface area contributed by atoms with E-state index < -0.39 is 0 Å². The number of fused-ring (bicyclic) bond motifs is 1. The fraction of sp³-hybridized carbons (Fsp3) is 0.353. The molecular weight excluding hydrogens is 361 g/mol. The van der Waals surface area contributed by atoms with Crippen LogP contribution in [0.2, 0.25) is 0 Å². The minimum absolute atomic E-state index is 0.140. The van der Waals surface area contributed by atoms with Crippen LogP contribution in [0.4, 0.5) is 10.1 Å². The largest absolute Gasteiger partial charge is 0.340 e. The molecule has 1 amide bonds. The standard InChI is InChI=1S/C17H19BrFN3O/c1-10(2)22-9-12(18)7-15(22)17(23)21-14-4-3-11-8-20-6-5-13(11)16(14)19/h3-4,7,9-10,20H,5-6,8H2,1-2H3,(H,21,23). The maximum Gasteiger partial charge on any atom is 0.272 e. The summed E-state index contributed by atoms with van der Waals surface area (Å²) in [6, 6.07) is 5.39. The Balaban J connectivity index is 1.89. The fourth-order valence-corrected chi connectivity index (χ4v) is 3.31. The average Bonchev–Trinajstić information content (AvgIpc) is 2.93. The first-order valence-corrected chi connectivity index (χ1v) is 8.46. The lowest BCUT2D eigenvalue weighted by molar-refractivity contribution is 0.101. The first-order valence-electron chi connectivity index (χ1n) is 7.67. The Hall–Kier alpha value is -1.66. The summed E-state index contributed by atoms with van der Waals surface area (Å²) in [6.07, 6.45) is 2.49. The second kappa shape index (κ2) is 6.45. The van der Waals surface area contributed by atoms with Crippen LogP contribution < -0.4 is 10.6 Å². The lowest BCUT2D eigenvalue weighted by Gasteiger charge is -2.19. The Bertz CT molecular complexity index is 755. The molecule has 1 aliphatic heterocycles. The average molecular weight is 380 g/mol. The highest BCUT2D eigenvalue weighted by Crippen LogP contribution is 2.26. The van der Waals surface area contributed by atoms with E-state index in [1.54, 1.807) is 12.1 Å². The number of benzene rings is 1. The van der Waals surface area contributed by atoms with E-state index in [9.17, 15) is 9.18 Å². The van der Waals surface area contributed by atoms with Crippen molar-refractivity contribution in [2.75, 3.05) is 11.9 Å². The molecule has 2 aromatic rings. The lowest BCUT2D eigenvalue weighted by atomic mass is 9.99. The van der Waals surface area contributed by atoms with E-state index >= 15 is 0 Å². The van der Waals surface area contributed by atoms with Crippen molar-refractivity contribution in [2.24, 2.45) is 0 Å². The normalized spacial score (nSPS) is 14.0. The van der Waals surface area contributed by atoms with Gasteiger partial charge in [0.25, 0.3) is 5.91 Å². The summed E-state index contributed by atoms with van der Waals surface area (Å²) in [5.41, 5.74) is 2.40. The number of carbonyl (C=O) groups is 1. The van der Waals surface area contributed by atoms with Gasteiger partial charge >= 0.3 is 0 Å². The molecule has 0 saturated heterocycles. The van der Waals surface area contributed by atoms with Gasteiger partial charge < -0.3 is 15.2 Å². The van der Waals surface area contributed by atoms with E-state index in [0.29, 0.717) is 24.2 Å². The molecule has 4 nitrogen and oxygen atoms in total. The number of hydrogen-bond donors (Lipinski definition) is 2. The van der Waals surface area contributed by atoms with E-state index in [1.165, 1.54) is 0 Å². The van der Waals surface area contributed by atoms with Crippen LogP contribution in [0.1, 0.15) is 41.5 Å². The summed E-state index contributed by atoms with van der Waals surface area (Å²) in [7, 11) is 0. The molecule has 0 unspecified atom stereocenters. The zero-order chi connectivity index (χ0) is 16.6. The second-order valence-electron chi connectivity index (χ2n) is 5.99. The van der Waals surface area contributed by atoms with Crippen molar-refractivity contribution in [1.29, 1.82) is 0 Å². The van der Waals surface area contributed by atoms with Crippen LogP contribution in [0, 0.1) is 5.82 Å². The van der Waals surface area contributed by atoms with Crippen LogP contribution in [0.15, 0.2) is 28.9 Å². The molecular formula is C17H19BrFN3O. The van der Waals surface area contributed by atoms with Crippen molar-refractivity contribution < 1.29 is 9.18 Å². The molecule has 23 heavy (non-hydrogen) atoms. The Labute approximate surface area is 143 Å². The number of aromatic nitrogens is 1. The van der Waals surface area contributed by atoms with Gasteiger partial charge in [-0.25, -0.2) is 4.39 Å². The predicted molar refractivity (Wildman–Crippen MR) is 92.3 cm³/mol. The molecule has 0 bridgehead atoms. The molecule has 1 aromatic heterocycles. The van der Waals surface area contributed by atoms with E-state index in [4.69, 9.17) is 0 Å². The third-order valence-electron chi connectivity index (χ3n) is 4.06. The van der Waals surface area contributed by atoms with Gasteiger partial charge in [-0.05, 0) is 66.0 Å². The summed E-state index contributed by atoms with van der Waals surface area (Å²) in [5, 5.41) is 5.92. The molecule has 122 valence electrons. The van der Waals surface area contributed by atoms with Gasteiger partial charge in [0, 0.05) is 23.3 Å². The van der Waals surface area contributed by atoms with Gasteiger partial charge in [-0.1, -0.05) is 6.07 Å². The Morgan fingerprint density at radius 3 is 2.96 bits per heavy atom. The molecule has 6 heteroatoms. The summed E-state index contributed by atoms with van der Waals surface area (Å²) >= 11 is 3.39. The highest BCUT2D eigenvalue weighted by atomic mass is 79.9. The topological polar surface area (TPSA) is 46.1 Å². The highest BCUT2D eigenvalue weighted by molar-refractivity contribution is 9.10. The number of hydrogen-bond acceptors (Lipinski definition) is 2. The summed E-state index contributed by atoms with van der Waals surface area (Å²) < 4.78 is 17.3. The number of anilines is 1. The molecule has 3 rings (SSSR count). The molecule has 0 fully saturated rings. The minimum Gasteiger partial charge on any atom is -0.340 e. The van der Waals surface area contributed by atoms with Gasteiger partial charge in [0.2, 0.25) is 0 Å². The summed E-state index contributed by atoms with van der Waals surface area (Å²) in [6.45, 7) is 5.42. The van der Waals surface area contributed by atoms with Gasteiger partial charge in [-0.15, -0.1) is 0 Å². The molecule has 0 aliphatic carbocycles. The van der Waals surface area contributed by atoms with Crippen LogP contribution >= 0.6 is 15.9 Å². The van der Waals surface area contributed by atoms with Crippen LogP contribution in [-0.4, -0.2) is 17.0 Å². The van der Waals surface area contributed by atoms with E-state index in [2.05, 4.69) is 26.6 Å². The number of carbonyl (C=O) groups excluding carboxylic acids is 1. The van der Waals surface area contributed by atoms with Gasteiger partial charge in [-0.2, -0.15) is 0 Å². The highest BCUT2D eigenvalue weighted by Gasteiger charge is 2.20. The Morgan fingerprint density at radius 1 is 1.43 bits per heavy atom. The van der Waals surface area contributed by atoms with Crippen molar-refractivity contribution in [1.82, 2.24) is 9.88 Å². The quantitative estimate of drug-likeness (QED) is 0.849. The monoisotopic (exact) mass is 379 g/mol. The predicted octanol–water partition coefficient (Wildman–Crippen LogP) is 3.87.